The zero-order chi connectivity index (χ0) is 16.1. The fraction of sp³-hybridized carbons (Fsp3) is 0.0588. The quantitative estimate of drug-likeness (QED) is 0.688. The first-order valence-corrected chi connectivity index (χ1v) is 7.67. The standard InChI is InChI=1S/C17H11N3O2S/c18-9-12-4-6-13(7-5-12)17(21)22-10-14-11-23-16(20-14)15-3-1-2-8-19-15/h1-8,11H,10H2. The minimum absolute atomic E-state index is 0.0994. The van der Waals surface area contributed by atoms with Crippen molar-refractivity contribution in [3.63, 3.8) is 0 Å². The molecule has 0 saturated carbocycles. The van der Waals surface area contributed by atoms with Gasteiger partial charge in [0.05, 0.1) is 28.6 Å². The molecule has 2 aromatic heterocycles. The van der Waals surface area contributed by atoms with Crippen LogP contribution in [0.1, 0.15) is 21.6 Å². The summed E-state index contributed by atoms with van der Waals surface area (Å²) in [5.74, 6) is -0.443. The summed E-state index contributed by atoms with van der Waals surface area (Å²) in [6.45, 7) is 0.0994. The Morgan fingerprint density at radius 1 is 1.22 bits per heavy atom. The second-order valence-electron chi connectivity index (χ2n) is 4.62. The summed E-state index contributed by atoms with van der Waals surface area (Å²) in [4.78, 5) is 20.6. The van der Waals surface area contributed by atoms with Crippen LogP contribution in [0.4, 0.5) is 0 Å². The maximum Gasteiger partial charge on any atom is 0.338 e. The van der Waals surface area contributed by atoms with Gasteiger partial charge in [0, 0.05) is 11.6 Å². The molecule has 0 spiro atoms. The molecule has 23 heavy (non-hydrogen) atoms. The highest BCUT2D eigenvalue weighted by Gasteiger charge is 2.10. The lowest BCUT2D eigenvalue weighted by Crippen LogP contribution is -2.05. The van der Waals surface area contributed by atoms with E-state index in [9.17, 15) is 4.79 Å². The van der Waals surface area contributed by atoms with Gasteiger partial charge in [-0.3, -0.25) is 4.98 Å². The second-order valence-corrected chi connectivity index (χ2v) is 5.48. The van der Waals surface area contributed by atoms with E-state index in [1.165, 1.54) is 11.3 Å². The molecule has 3 rings (SSSR count). The highest BCUT2D eigenvalue weighted by Crippen LogP contribution is 2.21. The molecule has 0 bridgehead atoms. The molecule has 0 aliphatic heterocycles. The minimum Gasteiger partial charge on any atom is -0.456 e. The fourth-order valence-electron chi connectivity index (χ4n) is 1.88. The number of pyridine rings is 1. The van der Waals surface area contributed by atoms with Gasteiger partial charge in [-0.15, -0.1) is 11.3 Å². The highest BCUT2D eigenvalue weighted by atomic mass is 32.1. The Bertz CT molecular complexity index is 852. The van der Waals surface area contributed by atoms with E-state index >= 15 is 0 Å². The summed E-state index contributed by atoms with van der Waals surface area (Å²) in [7, 11) is 0. The van der Waals surface area contributed by atoms with Crippen molar-refractivity contribution in [3.8, 4) is 16.8 Å². The maximum absolute atomic E-state index is 12.0. The third-order valence-corrected chi connectivity index (χ3v) is 3.95. The van der Waals surface area contributed by atoms with Crippen LogP contribution in [-0.2, 0) is 11.3 Å². The molecule has 0 amide bonds. The van der Waals surface area contributed by atoms with Gasteiger partial charge in [0.2, 0.25) is 0 Å². The molecule has 0 unspecified atom stereocenters. The van der Waals surface area contributed by atoms with Crippen molar-refractivity contribution in [1.29, 1.82) is 5.26 Å². The van der Waals surface area contributed by atoms with E-state index in [-0.39, 0.29) is 6.61 Å². The molecule has 3 aromatic rings. The van der Waals surface area contributed by atoms with Crippen molar-refractivity contribution >= 4 is 17.3 Å². The molecule has 0 saturated heterocycles. The topological polar surface area (TPSA) is 75.9 Å². The van der Waals surface area contributed by atoms with Crippen LogP contribution >= 0.6 is 11.3 Å². The summed E-state index contributed by atoms with van der Waals surface area (Å²) in [6, 6.07) is 13.9. The van der Waals surface area contributed by atoms with Gasteiger partial charge in [-0.2, -0.15) is 5.26 Å². The Morgan fingerprint density at radius 3 is 2.74 bits per heavy atom. The first-order valence-electron chi connectivity index (χ1n) is 6.79. The van der Waals surface area contributed by atoms with Crippen molar-refractivity contribution < 1.29 is 9.53 Å². The number of carbonyl (C=O) groups excluding carboxylic acids is 1. The van der Waals surface area contributed by atoms with Gasteiger partial charge in [-0.1, -0.05) is 6.07 Å². The summed E-state index contributed by atoms with van der Waals surface area (Å²) >= 11 is 1.45. The lowest BCUT2D eigenvalue weighted by molar-refractivity contribution is 0.0468. The molecule has 0 N–H and O–H groups in total. The Kier molecular flexibility index (Phi) is 4.41. The van der Waals surface area contributed by atoms with Gasteiger partial charge < -0.3 is 4.74 Å². The monoisotopic (exact) mass is 321 g/mol. The first-order chi connectivity index (χ1) is 11.3. The maximum atomic E-state index is 12.0. The summed E-state index contributed by atoms with van der Waals surface area (Å²) in [5, 5.41) is 11.4. The van der Waals surface area contributed by atoms with Gasteiger partial charge in [0.15, 0.2) is 0 Å². The van der Waals surface area contributed by atoms with E-state index < -0.39 is 5.97 Å². The van der Waals surface area contributed by atoms with Gasteiger partial charge in [0.25, 0.3) is 0 Å². The predicted octanol–water partition coefficient (Wildman–Crippen LogP) is 3.43. The molecule has 0 aliphatic rings. The van der Waals surface area contributed by atoms with Crippen LogP contribution in [0.3, 0.4) is 0 Å². The second kappa shape index (κ2) is 6.81. The highest BCUT2D eigenvalue weighted by molar-refractivity contribution is 7.13. The van der Waals surface area contributed by atoms with Crippen LogP contribution in [0.5, 0.6) is 0 Å². The van der Waals surface area contributed by atoms with Crippen molar-refractivity contribution in [2.75, 3.05) is 0 Å². The lowest BCUT2D eigenvalue weighted by Gasteiger charge is -2.02. The Morgan fingerprint density at radius 2 is 2.04 bits per heavy atom. The molecular weight excluding hydrogens is 310 g/mol. The number of nitriles is 1. The van der Waals surface area contributed by atoms with Crippen LogP contribution in [0.25, 0.3) is 10.7 Å². The van der Waals surface area contributed by atoms with Gasteiger partial charge in [0.1, 0.15) is 11.6 Å². The zero-order valence-electron chi connectivity index (χ0n) is 12.0. The summed E-state index contributed by atoms with van der Waals surface area (Å²) in [6.07, 6.45) is 1.71. The SMILES string of the molecule is N#Cc1ccc(C(=O)OCc2csc(-c3ccccn3)n2)cc1. The number of hydrogen-bond donors (Lipinski definition) is 0. The summed E-state index contributed by atoms with van der Waals surface area (Å²) < 4.78 is 5.24. The van der Waals surface area contributed by atoms with Crippen LogP contribution in [0, 0.1) is 11.3 Å². The summed E-state index contributed by atoms with van der Waals surface area (Å²) in [5.41, 5.74) is 2.38. The third kappa shape index (κ3) is 3.59. The molecule has 2 heterocycles. The van der Waals surface area contributed by atoms with E-state index in [0.717, 1.165) is 10.7 Å². The Balaban J connectivity index is 1.63. The molecule has 112 valence electrons. The van der Waals surface area contributed by atoms with E-state index in [4.69, 9.17) is 10.00 Å². The molecule has 1 aromatic carbocycles. The van der Waals surface area contributed by atoms with Gasteiger partial charge >= 0.3 is 5.97 Å². The number of ether oxygens (including phenoxy) is 1. The van der Waals surface area contributed by atoms with Gasteiger partial charge in [-0.05, 0) is 36.4 Å². The lowest BCUT2D eigenvalue weighted by atomic mass is 10.1. The van der Waals surface area contributed by atoms with Crippen molar-refractivity contribution in [2.24, 2.45) is 0 Å². The minimum atomic E-state index is -0.443. The first kappa shape index (κ1) is 14.9. The predicted molar refractivity (Wildman–Crippen MR) is 85.6 cm³/mol. The number of rotatable bonds is 4. The number of hydrogen-bond acceptors (Lipinski definition) is 6. The van der Waals surface area contributed by atoms with Crippen molar-refractivity contribution in [3.05, 3.63) is 70.9 Å². The molecule has 0 atom stereocenters. The Labute approximate surface area is 136 Å². The third-order valence-electron chi connectivity index (χ3n) is 3.04. The van der Waals surface area contributed by atoms with E-state index in [1.807, 2.05) is 29.6 Å². The molecule has 6 heteroatoms. The molecule has 0 aliphatic carbocycles. The molecular formula is C17H11N3O2S. The number of thiazole rings is 1. The smallest absolute Gasteiger partial charge is 0.338 e. The molecule has 0 radical (unpaired) electrons. The largest absolute Gasteiger partial charge is 0.456 e. The molecule has 0 fully saturated rings. The number of benzene rings is 1. The molecule has 5 nitrogen and oxygen atoms in total. The average Bonchev–Trinajstić information content (AvgIpc) is 3.09. The number of nitrogens with zero attached hydrogens (tertiary/aromatic N) is 3. The van der Waals surface area contributed by atoms with Crippen LogP contribution in [0.2, 0.25) is 0 Å². The number of esters is 1. The van der Waals surface area contributed by atoms with Crippen LogP contribution in [0.15, 0.2) is 54.0 Å². The van der Waals surface area contributed by atoms with Gasteiger partial charge in [-0.25, -0.2) is 9.78 Å². The van der Waals surface area contributed by atoms with Crippen LogP contribution in [-0.4, -0.2) is 15.9 Å². The Hall–Kier alpha value is -3.04. The fourth-order valence-corrected chi connectivity index (χ4v) is 2.66. The normalized spacial score (nSPS) is 10.0. The number of carbonyl (C=O) groups is 1. The number of aromatic nitrogens is 2. The van der Waals surface area contributed by atoms with Crippen molar-refractivity contribution in [1.82, 2.24) is 9.97 Å². The van der Waals surface area contributed by atoms with Crippen LogP contribution < -0.4 is 0 Å². The van der Waals surface area contributed by atoms with E-state index in [0.29, 0.717) is 16.8 Å². The van der Waals surface area contributed by atoms with E-state index in [2.05, 4.69) is 9.97 Å². The average molecular weight is 321 g/mol. The van der Waals surface area contributed by atoms with E-state index in [1.54, 1.807) is 30.5 Å². The zero-order valence-corrected chi connectivity index (χ0v) is 12.8. The van der Waals surface area contributed by atoms with Crippen molar-refractivity contribution in [2.45, 2.75) is 6.61 Å².